The summed E-state index contributed by atoms with van der Waals surface area (Å²) in [6.07, 6.45) is 0. The fourth-order valence-corrected chi connectivity index (χ4v) is 2.46. The second-order valence-electron chi connectivity index (χ2n) is 5.59. The van der Waals surface area contributed by atoms with Gasteiger partial charge in [0.1, 0.15) is 18.4 Å². The summed E-state index contributed by atoms with van der Waals surface area (Å²) in [4.78, 5) is 12.7. The standard InChI is InChI=1S/C20H16N2O4/c1-13-8-17(22-26-13)20(23)16-10-19(18(24-2)9-15(16)11-21)25-12-14-6-4-3-5-7-14/h3-10H,12H2,1-2H3. The average molecular weight is 348 g/mol. The number of aryl methyl sites for hydroxylation is 1. The lowest BCUT2D eigenvalue weighted by Gasteiger charge is -2.13. The summed E-state index contributed by atoms with van der Waals surface area (Å²) in [6, 6.07) is 16.1. The van der Waals surface area contributed by atoms with Crippen molar-refractivity contribution in [2.75, 3.05) is 7.11 Å². The van der Waals surface area contributed by atoms with Crippen molar-refractivity contribution in [3.05, 3.63) is 76.7 Å². The van der Waals surface area contributed by atoms with E-state index in [0.717, 1.165) is 5.56 Å². The van der Waals surface area contributed by atoms with E-state index in [1.165, 1.54) is 25.3 Å². The van der Waals surface area contributed by atoms with Gasteiger partial charge >= 0.3 is 0 Å². The molecule has 0 aliphatic rings. The Morgan fingerprint density at radius 2 is 1.96 bits per heavy atom. The van der Waals surface area contributed by atoms with Crippen molar-refractivity contribution in [1.29, 1.82) is 5.26 Å². The first-order chi connectivity index (χ1) is 12.6. The number of ether oxygens (including phenoxy) is 2. The van der Waals surface area contributed by atoms with E-state index in [0.29, 0.717) is 23.9 Å². The van der Waals surface area contributed by atoms with E-state index in [4.69, 9.17) is 14.0 Å². The molecule has 1 heterocycles. The number of ketones is 1. The van der Waals surface area contributed by atoms with Gasteiger partial charge in [-0.25, -0.2) is 0 Å². The molecule has 26 heavy (non-hydrogen) atoms. The van der Waals surface area contributed by atoms with Crippen LogP contribution in [0.3, 0.4) is 0 Å². The quantitative estimate of drug-likeness (QED) is 0.632. The van der Waals surface area contributed by atoms with Gasteiger partial charge in [0, 0.05) is 17.7 Å². The number of hydrogen-bond donors (Lipinski definition) is 0. The van der Waals surface area contributed by atoms with Crippen molar-refractivity contribution in [1.82, 2.24) is 5.16 Å². The van der Waals surface area contributed by atoms with Gasteiger partial charge in [-0.3, -0.25) is 4.79 Å². The molecular formula is C20H16N2O4. The zero-order valence-electron chi connectivity index (χ0n) is 14.4. The van der Waals surface area contributed by atoms with Crippen LogP contribution in [0.15, 0.2) is 53.1 Å². The van der Waals surface area contributed by atoms with Crippen molar-refractivity contribution < 1.29 is 18.8 Å². The van der Waals surface area contributed by atoms with Crippen molar-refractivity contribution in [2.45, 2.75) is 13.5 Å². The van der Waals surface area contributed by atoms with Gasteiger partial charge in [0.05, 0.1) is 12.7 Å². The second kappa shape index (κ2) is 7.53. The van der Waals surface area contributed by atoms with E-state index >= 15 is 0 Å². The molecule has 0 N–H and O–H groups in total. The maximum Gasteiger partial charge on any atom is 0.216 e. The van der Waals surface area contributed by atoms with E-state index in [-0.39, 0.29) is 16.8 Å². The monoisotopic (exact) mass is 348 g/mol. The average Bonchev–Trinajstić information content (AvgIpc) is 3.12. The molecule has 130 valence electrons. The lowest BCUT2D eigenvalue weighted by Crippen LogP contribution is -2.07. The molecule has 0 saturated carbocycles. The molecule has 6 nitrogen and oxygen atoms in total. The molecule has 0 radical (unpaired) electrons. The molecule has 3 rings (SSSR count). The molecule has 2 aromatic carbocycles. The van der Waals surface area contributed by atoms with E-state index < -0.39 is 5.78 Å². The van der Waals surface area contributed by atoms with Crippen LogP contribution in [0.1, 0.15) is 32.9 Å². The van der Waals surface area contributed by atoms with E-state index in [1.807, 2.05) is 36.4 Å². The highest BCUT2D eigenvalue weighted by Crippen LogP contribution is 2.32. The molecule has 1 aromatic heterocycles. The van der Waals surface area contributed by atoms with Gasteiger partial charge in [0.2, 0.25) is 5.78 Å². The molecule has 0 aliphatic heterocycles. The van der Waals surface area contributed by atoms with Crippen LogP contribution in [0.4, 0.5) is 0 Å². The summed E-state index contributed by atoms with van der Waals surface area (Å²) in [5.41, 5.74) is 1.47. The highest BCUT2D eigenvalue weighted by molar-refractivity contribution is 6.09. The van der Waals surface area contributed by atoms with Crippen molar-refractivity contribution in [2.24, 2.45) is 0 Å². The number of benzene rings is 2. The number of aromatic nitrogens is 1. The Kier molecular flexibility index (Phi) is 4.99. The summed E-state index contributed by atoms with van der Waals surface area (Å²) in [6.45, 7) is 2.00. The van der Waals surface area contributed by atoms with Gasteiger partial charge in [-0.05, 0) is 18.6 Å². The maximum atomic E-state index is 12.7. The molecule has 0 unspecified atom stereocenters. The van der Waals surface area contributed by atoms with Gasteiger partial charge in [-0.2, -0.15) is 5.26 Å². The first-order valence-electron chi connectivity index (χ1n) is 7.89. The minimum Gasteiger partial charge on any atom is -0.493 e. The van der Waals surface area contributed by atoms with Crippen LogP contribution in [0.5, 0.6) is 11.5 Å². The molecule has 0 aliphatic carbocycles. The van der Waals surface area contributed by atoms with Gasteiger partial charge < -0.3 is 14.0 Å². The van der Waals surface area contributed by atoms with Crippen LogP contribution in [0.2, 0.25) is 0 Å². The van der Waals surface area contributed by atoms with Crippen molar-refractivity contribution in [3.63, 3.8) is 0 Å². The lowest BCUT2D eigenvalue weighted by molar-refractivity contribution is 0.102. The largest absolute Gasteiger partial charge is 0.493 e. The van der Waals surface area contributed by atoms with Crippen LogP contribution < -0.4 is 9.47 Å². The van der Waals surface area contributed by atoms with Crippen LogP contribution in [0.25, 0.3) is 0 Å². The normalized spacial score (nSPS) is 10.2. The van der Waals surface area contributed by atoms with Crippen molar-refractivity contribution in [3.8, 4) is 17.6 Å². The predicted molar refractivity (Wildman–Crippen MR) is 93.2 cm³/mol. The Bertz CT molecular complexity index is 971. The minimum atomic E-state index is -0.411. The summed E-state index contributed by atoms with van der Waals surface area (Å²) < 4.78 is 16.1. The Hall–Kier alpha value is -3.59. The van der Waals surface area contributed by atoms with E-state index in [1.54, 1.807) is 6.92 Å². The highest BCUT2D eigenvalue weighted by Gasteiger charge is 2.21. The maximum absolute atomic E-state index is 12.7. The topological polar surface area (TPSA) is 85.4 Å². The molecule has 0 fully saturated rings. The van der Waals surface area contributed by atoms with Crippen LogP contribution in [-0.4, -0.2) is 18.0 Å². The first kappa shape index (κ1) is 17.2. The molecule has 0 atom stereocenters. The summed E-state index contributed by atoms with van der Waals surface area (Å²) in [5.74, 6) is 0.857. The third kappa shape index (κ3) is 3.57. The van der Waals surface area contributed by atoms with Crippen LogP contribution in [0, 0.1) is 18.3 Å². The van der Waals surface area contributed by atoms with Crippen LogP contribution >= 0.6 is 0 Å². The lowest BCUT2D eigenvalue weighted by atomic mass is 10.0. The van der Waals surface area contributed by atoms with Gasteiger partial charge in [-0.15, -0.1) is 0 Å². The summed E-state index contributed by atoms with van der Waals surface area (Å²) in [5, 5.41) is 13.1. The van der Waals surface area contributed by atoms with E-state index in [9.17, 15) is 10.1 Å². The van der Waals surface area contributed by atoms with Crippen LogP contribution in [-0.2, 0) is 6.61 Å². The predicted octanol–water partition coefficient (Wildman–Crippen LogP) is 3.67. The number of carbonyl (C=O) groups excluding carboxylic acids is 1. The van der Waals surface area contributed by atoms with Crippen molar-refractivity contribution >= 4 is 5.78 Å². The Morgan fingerprint density at radius 3 is 2.58 bits per heavy atom. The number of nitriles is 1. The first-order valence-corrected chi connectivity index (χ1v) is 7.89. The zero-order valence-corrected chi connectivity index (χ0v) is 14.4. The molecule has 6 heteroatoms. The fraction of sp³-hybridized carbons (Fsp3) is 0.150. The Morgan fingerprint density at radius 1 is 1.19 bits per heavy atom. The molecule has 0 spiro atoms. The molecular weight excluding hydrogens is 332 g/mol. The number of hydrogen-bond acceptors (Lipinski definition) is 6. The molecule has 0 bridgehead atoms. The van der Waals surface area contributed by atoms with Gasteiger partial charge in [0.15, 0.2) is 17.2 Å². The summed E-state index contributed by atoms with van der Waals surface area (Å²) >= 11 is 0. The number of methoxy groups -OCH3 is 1. The number of rotatable bonds is 6. The summed E-state index contributed by atoms with van der Waals surface area (Å²) in [7, 11) is 1.48. The molecule has 0 amide bonds. The fourth-order valence-electron chi connectivity index (χ4n) is 2.46. The Balaban J connectivity index is 1.96. The van der Waals surface area contributed by atoms with E-state index in [2.05, 4.69) is 5.16 Å². The minimum absolute atomic E-state index is 0.137. The molecule has 3 aromatic rings. The van der Waals surface area contributed by atoms with Gasteiger partial charge in [-0.1, -0.05) is 35.5 Å². The SMILES string of the molecule is COc1cc(C#N)c(C(=O)c2cc(C)on2)cc1OCc1ccccc1. The smallest absolute Gasteiger partial charge is 0.216 e. The third-order valence-corrected chi connectivity index (χ3v) is 3.77. The van der Waals surface area contributed by atoms with Gasteiger partial charge in [0.25, 0.3) is 0 Å². The number of carbonyl (C=O) groups is 1. The third-order valence-electron chi connectivity index (χ3n) is 3.77. The molecule has 0 saturated heterocycles. The second-order valence-corrected chi connectivity index (χ2v) is 5.59. The number of nitrogens with zero attached hydrogens (tertiary/aromatic N) is 2. The zero-order chi connectivity index (χ0) is 18.5. The highest BCUT2D eigenvalue weighted by atomic mass is 16.5. The Labute approximate surface area is 150 Å².